The van der Waals surface area contributed by atoms with Crippen LogP contribution in [0.3, 0.4) is 0 Å². The molecule has 0 bridgehead atoms. The molecule has 2 N–H and O–H groups in total. The smallest absolute Gasteiger partial charge is 0.169 e. The Kier molecular flexibility index (Phi) is 16.7. The molecule has 0 radical (unpaired) electrons. The highest BCUT2D eigenvalue weighted by Gasteiger charge is 2.00. The van der Waals surface area contributed by atoms with Gasteiger partial charge in [0.25, 0.3) is 0 Å². The second-order valence-electron chi connectivity index (χ2n) is 6.24. The minimum Gasteiger partial charge on any atom is -1.00 e. The van der Waals surface area contributed by atoms with Gasteiger partial charge in [0.1, 0.15) is 0 Å². The van der Waals surface area contributed by atoms with Crippen LogP contribution in [0.4, 0.5) is 0 Å². The molecular weight excluding hydrogens is 368 g/mol. The molecule has 0 aromatic carbocycles. The number of thiol groups is 1. The molecular formula is C19H35BrN2S. The predicted octanol–water partition coefficient (Wildman–Crippen LogP) is 1.31. The summed E-state index contributed by atoms with van der Waals surface area (Å²) in [6.07, 6.45) is 19.2. The topological polar surface area (TPSA) is 29.9 Å². The van der Waals surface area contributed by atoms with E-state index in [1.807, 2.05) is 0 Å². The van der Waals surface area contributed by atoms with Crippen molar-refractivity contribution in [2.45, 2.75) is 77.2 Å². The van der Waals surface area contributed by atoms with Gasteiger partial charge in [-0.2, -0.15) is 12.6 Å². The van der Waals surface area contributed by atoms with Gasteiger partial charge in [-0.25, -0.2) is 4.57 Å². The quantitative estimate of drug-likeness (QED) is 0.274. The molecule has 0 unspecified atom stereocenters. The van der Waals surface area contributed by atoms with Crippen LogP contribution in [0.25, 0.3) is 0 Å². The molecule has 1 aromatic heterocycles. The van der Waals surface area contributed by atoms with Crippen molar-refractivity contribution in [3.63, 3.8) is 0 Å². The van der Waals surface area contributed by atoms with Crippen molar-refractivity contribution in [3.8, 4) is 0 Å². The van der Waals surface area contributed by atoms with Gasteiger partial charge in [0.05, 0.1) is 0 Å². The summed E-state index contributed by atoms with van der Waals surface area (Å²) in [5.74, 6) is 0.900. The van der Waals surface area contributed by atoms with Crippen LogP contribution in [0.5, 0.6) is 0 Å². The molecule has 0 amide bonds. The van der Waals surface area contributed by atoms with Gasteiger partial charge < -0.3 is 22.7 Å². The summed E-state index contributed by atoms with van der Waals surface area (Å²) >= 11 is 4.26. The van der Waals surface area contributed by atoms with E-state index in [0.717, 1.165) is 18.8 Å². The number of hydrogen-bond acceptors (Lipinski definition) is 2. The molecule has 0 atom stereocenters. The normalized spacial score (nSPS) is 10.5. The third kappa shape index (κ3) is 13.0. The lowest BCUT2D eigenvalue weighted by Crippen LogP contribution is -3.00. The van der Waals surface area contributed by atoms with Crippen LogP contribution in [0.2, 0.25) is 0 Å². The number of halogens is 1. The maximum Gasteiger partial charge on any atom is 0.169 e. The van der Waals surface area contributed by atoms with Crippen molar-refractivity contribution in [2.24, 2.45) is 5.73 Å². The number of aromatic nitrogens is 1. The molecule has 0 aliphatic heterocycles. The van der Waals surface area contributed by atoms with Crippen LogP contribution in [0.15, 0.2) is 24.5 Å². The van der Waals surface area contributed by atoms with Crippen molar-refractivity contribution in [1.29, 1.82) is 0 Å². The third-order valence-electron chi connectivity index (χ3n) is 4.24. The number of unbranched alkanes of at least 4 members (excludes halogenated alkanes) is 9. The monoisotopic (exact) mass is 402 g/mol. The molecule has 0 aliphatic carbocycles. The summed E-state index contributed by atoms with van der Waals surface area (Å²) in [4.78, 5) is 0. The predicted molar refractivity (Wildman–Crippen MR) is 99.4 cm³/mol. The highest BCUT2D eigenvalue weighted by molar-refractivity contribution is 7.80. The lowest BCUT2D eigenvalue weighted by atomic mass is 10.0. The van der Waals surface area contributed by atoms with Gasteiger partial charge >= 0.3 is 0 Å². The Bertz CT molecular complexity index is 357. The molecule has 0 aliphatic rings. The number of hydrogen-bond donors (Lipinski definition) is 2. The molecule has 1 heterocycles. The van der Waals surface area contributed by atoms with Gasteiger partial charge in [0.15, 0.2) is 18.9 Å². The standard InChI is InChI=1S/C19H34N2S.BrH/c20-14-10-8-6-4-2-1-3-5-7-9-11-19-12-15-21(16-13-19)17-18-22;/h12-13,15-16H,1-11,14,17-18,20H2;1H. The van der Waals surface area contributed by atoms with Crippen LogP contribution in [-0.4, -0.2) is 12.3 Å². The van der Waals surface area contributed by atoms with Crippen LogP contribution in [0.1, 0.15) is 69.8 Å². The van der Waals surface area contributed by atoms with E-state index < -0.39 is 0 Å². The molecule has 0 saturated carbocycles. The summed E-state index contributed by atoms with van der Waals surface area (Å²) in [6, 6.07) is 4.51. The molecule has 4 heteroatoms. The van der Waals surface area contributed by atoms with E-state index in [-0.39, 0.29) is 17.0 Å². The van der Waals surface area contributed by atoms with Crippen molar-refractivity contribution in [2.75, 3.05) is 12.3 Å². The first-order valence-corrected chi connectivity index (χ1v) is 9.79. The van der Waals surface area contributed by atoms with Gasteiger partial charge in [-0.05, 0) is 31.4 Å². The molecule has 2 nitrogen and oxygen atoms in total. The second-order valence-corrected chi connectivity index (χ2v) is 6.69. The molecule has 23 heavy (non-hydrogen) atoms. The minimum atomic E-state index is 0. The van der Waals surface area contributed by atoms with Crippen LogP contribution >= 0.6 is 12.6 Å². The first-order chi connectivity index (χ1) is 10.9. The Morgan fingerprint density at radius 1 is 0.783 bits per heavy atom. The summed E-state index contributed by atoms with van der Waals surface area (Å²) in [7, 11) is 0. The SMILES string of the molecule is NCCCCCCCCCCCCc1cc[n+](CCS)cc1.[Br-]. The van der Waals surface area contributed by atoms with Crippen molar-refractivity contribution < 1.29 is 21.5 Å². The lowest BCUT2D eigenvalue weighted by molar-refractivity contribution is -0.692. The molecule has 0 saturated heterocycles. The van der Waals surface area contributed by atoms with E-state index in [9.17, 15) is 0 Å². The number of nitrogens with two attached hydrogens (primary N) is 1. The number of pyridine rings is 1. The van der Waals surface area contributed by atoms with E-state index in [4.69, 9.17) is 5.73 Å². The Balaban J connectivity index is 0.00000484. The van der Waals surface area contributed by atoms with Gasteiger partial charge in [0.2, 0.25) is 0 Å². The lowest BCUT2D eigenvalue weighted by Gasteiger charge is -2.03. The largest absolute Gasteiger partial charge is 1.00 e. The Morgan fingerprint density at radius 3 is 1.74 bits per heavy atom. The second kappa shape index (κ2) is 16.8. The van der Waals surface area contributed by atoms with E-state index >= 15 is 0 Å². The average Bonchev–Trinajstić information content (AvgIpc) is 2.54. The zero-order chi connectivity index (χ0) is 15.9. The minimum absolute atomic E-state index is 0. The first kappa shape index (κ1) is 22.9. The van der Waals surface area contributed by atoms with Gasteiger partial charge in [-0.15, -0.1) is 0 Å². The first-order valence-electron chi connectivity index (χ1n) is 9.15. The van der Waals surface area contributed by atoms with Crippen molar-refractivity contribution >= 4 is 12.6 Å². The van der Waals surface area contributed by atoms with E-state index in [1.54, 1.807) is 0 Å². The fourth-order valence-electron chi connectivity index (χ4n) is 2.81. The number of aryl methyl sites for hydroxylation is 2. The highest BCUT2D eigenvalue weighted by atomic mass is 79.9. The Morgan fingerprint density at radius 2 is 1.26 bits per heavy atom. The molecule has 1 aromatic rings. The summed E-state index contributed by atoms with van der Waals surface area (Å²) in [5.41, 5.74) is 6.96. The van der Waals surface area contributed by atoms with E-state index in [1.165, 1.54) is 76.2 Å². The van der Waals surface area contributed by atoms with Crippen LogP contribution in [0, 0.1) is 0 Å². The van der Waals surface area contributed by atoms with Gasteiger partial charge in [-0.1, -0.05) is 51.4 Å². The van der Waals surface area contributed by atoms with Crippen molar-refractivity contribution in [3.05, 3.63) is 30.1 Å². The molecule has 0 fully saturated rings. The van der Waals surface area contributed by atoms with Crippen LogP contribution < -0.4 is 27.3 Å². The molecule has 1 rings (SSSR count). The van der Waals surface area contributed by atoms with E-state index in [0.29, 0.717) is 0 Å². The maximum absolute atomic E-state index is 5.50. The summed E-state index contributed by atoms with van der Waals surface area (Å²) in [5, 5.41) is 0. The van der Waals surface area contributed by atoms with Crippen molar-refractivity contribution in [1.82, 2.24) is 0 Å². The maximum atomic E-state index is 5.50. The number of rotatable bonds is 14. The third-order valence-corrected chi connectivity index (χ3v) is 4.44. The Labute approximate surface area is 159 Å². The fourth-order valence-corrected chi connectivity index (χ4v) is 3.04. The highest BCUT2D eigenvalue weighted by Crippen LogP contribution is 2.12. The zero-order valence-corrected chi connectivity index (χ0v) is 17.0. The zero-order valence-electron chi connectivity index (χ0n) is 14.6. The van der Waals surface area contributed by atoms with E-state index in [2.05, 4.69) is 41.7 Å². The van der Waals surface area contributed by atoms with Gasteiger partial charge in [-0.3, -0.25) is 0 Å². The average molecular weight is 403 g/mol. The summed E-state index contributed by atoms with van der Waals surface area (Å²) < 4.78 is 2.20. The van der Waals surface area contributed by atoms with Crippen LogP contribution in [-0.2, 0) is 13.0 Å². The van der Waals surface area contributed by atoms with Gasteiger partial charge in [0, 0.05) is 17.9 Å². The summed E-state index contributed by atoms with van der Waals surface area (Å²) in [6.45, 7) is 1.85. The fraction of sp³-hybridized carbons (Fsp3) is 0.737. The number of nitrogens with zero attached hydrogens (tertiary/aromatic N) is 1. The Hall–Kier alpha value is -0.0600. The molecule has 134 valence electrons. The molecule has 0 spiro atoms.